The van der Waals surface area contributed by atoms with Crippen molar-refractivity contribution in [1.29, 1.82) is 0 Å². The third kappa shape index (κ3) is 2.95. The maximum atomic E-state index is 13.9. The number of carbonyl (C=O) groups excluding carboxylic acids is 1. The molecule has 0 saturated heterocycles. The average Bonchev–Trinajstić information content (AvgIpc) is 2.88. The fourth-order valence-electron chi connectivity index (χ4n) is 3.17. The molecule has 3 heterocycles. The Kier molecular flexibility index (Phi) is 4.11. The SMILES string of the molecule is Cc1nnc2n1[C@@H](CC(C)C)CN(C(=O)c1ccncc1F)C2. The van der Waals surface area contributed by atoms with Crippen LogP contribution in [0.3, 0.4) is 0 Å². The molecule has 0 aliphatic carbocycles. The van der Waals surface area contributed by atoms with Crippen LogP contribution in [0.1, 0.15) is 48.3 Å². The van der Waals surface area contributed by atoms with Crippen molar-refractivity contribution < 1.29 is 9.18 Å². The standard InChI is InChI=1S/C16H20FN5O/c1-10(2)6-12-8-21(9-15-20-19-11(3)22(12)15)16(23)13-4-5-18-7-14(13)17/h4-5,7,10,12H,6,8-9H2,1-3H3/t12-/m0/s1. The molecule has 7 heteroatoms. The first-order valence-electron chi connectivity index (χ1n) is 7.76. The van der Waals surface area contributed by atoms with Crippen molar-refractivity contribution in [2.24, 2.45) is 5.92 Å². The molecular weight excluding hydrogens is 297 g/mol. The van der Waals surface area contributed by atoms with Crippen LogP contribution < -0.4 is 0 Å². The fourth-order valence-corrected chi connectivity index (χ4v) is 3.17. The lowest BCUT2D eigenvalue weighted by Gasteiger charge is -2.35. The van der Waals surface area contributed by atoms with Crippen LogP contribution in [0.4, 0.5) is 4.39 Å². The van der Waals surface area contributed by atoms with E-state index in [2.05, 4.69) is 33.6 Å². The molecule has 6 nitrogen and oxygen atoms in total. The van der Waals surface area contributed by atoms with E-state index in [1.54, 1.807) is 4.90 Å². The van der Waals surface area contributed by atoms with Crippen molar-refractivity contribution in [3.63, 3.8) is 0 Å². The highest BCUT2D eigenvalue weighted by molar-refractivity contribution is 5.94. The van der Waals surface area contributed by atoms with E-state index in [1.807, 2.05) is 6.92 Å². The second-order valence-corrected chi connectivity index (χ2v) is 6.36. The number of aryl methyl sites for hydroxylation is 1. The van der Waals surface area contributed by atoms with E-state index >= 15 is 0 Å². The summed E-state index contributed by atoms with van der Waals surface area (Å²) in [5.74, 6) is 1.16. The van der Waals surface area contributed by atoms with E-state index in [-0.39, 0.29) is 17.5 Å². The van der Waals surface area contributed by atoms with Crippen LogP contribution in [-0.4, -0.2) is 37.1 Å². The summed E-state index contributed by atoms with van der Waals surface area (Å²) in [5, 5.41) is 8.31. The van der Waals surface area contributed by atoms with Gasteiger partial charge in [0.1, 0.15) is 5.82 Å². The quantitative estimate of drug-likeness (QED) is 0.872. The van der Waals surface area contributed by atoms with E-state index in [9.17, 15) is 9.18 Å². The molecule has 0 saturated carbocycles. The van der Waals surface area contributed by atoms with Crippen molar-refractivity contribution in [2.75, 3.05) is 6.54 Å². The minimum Gasteiger partial charge on any atom is -0.329 e. The Hall–Kier alpha value is -2.31. The first kappa shape index (κ1) is 15.6. The molecule has 0 N–H and O–H groups in total. The number of pyridine rings is 1. The van der Waals surface area contributed by atoms with Gasteiger partial charge in [0, 0.05) is 12.7 Å². The zero-order valence-electron chi connectivity index (χ0n) is 13.5. The van der Waals surface area contributed by atoms with Crippen LogP contribution in [0.5, 0.6) is 0 Å². The minimum atomic E-state index is -0.596. The molecule has 23 heavy (non-hydrogen) atoms. The van der Waals surface area contributed by atoms with Crippen LogP contribution in [0.2, 0.25) is 0 Å². The number of carbonyl (C=O) groups is 1. The first-order chi connectivity index (χ1) is 11.0. The number of aromatic nitrogens is 4. The molecule has 0 aromatic carbocycles. The highest BCUT2D eigenvalue weighted by Crippen LogP contribution is 2.28. The van der Waals surface area contributed by atoms with Gasteiger partial charge in [-0.3, -0.25) is 9.78 Å². The van der Waals surface area contributed by atoms with Gasteiger partial charge in [0.25, 0.3) is 5.91 Å². The zero-order valence-corrected chi connectivity index (χ0v) is 13.5. The fraction of sp³-hybridized carbons (Fsp3) is 0.500. The maximum absolute atomic E-state index is 13.9. The lowest BCUT2D eigenvalue weighted by molar-refractivity contribution is 0.0655. The molecule has 0 bridgehead atoms. The first-order valence-corrected chi connectivity index (χ1v) is 7.76. The number of hydrogen-bond acceptors (Lipinski definition) is 4. The molecule has 2 aromatic rings. The number of hydrogen-bond donors (Lipinski definition) is 0. The van der Waals surface area contributed by atoms with Gasteiger partial charge in [-0.1, -0.05) is 13.8 Å². The normalized spacial score (nSPS) is 17.4. The average molecular weight is 317 g/mol. The largest absolute Gasteiger partial charge is 0.329 e. The van der Waals surface area contributed by atoms with Crippen molar-refractivity contribution >= 4 is 5.91 Å². The summed E-state index contributed by atoms with van der Waals surface area (Å²) in [6.45, 7) is 7.08. The van der Waals surface area contributed by atoms with Crippen LogP contribution in [0, 0.1) is 18.7 Å². The summed E-state index contributed by atoms with van der Waals surface area (Å²) < 4.78 is 16.0. The van der Waals surface area contributed by atoms with Crippen LogP contribution >= 0.6 is 0 Å². The van der Waals surface area contributed by atoms with Gasteiger partial charge in [-0.2, -0.15) is 0 Å². The Morgan fingerprint density at radius 2 is 2.22 bits per heavy atom. The number of nitrogens with zero attached hydrogens (tertiary/aromatic N) is 5. The monoisotopic (exact) mass is 317 g/mol. The second kappa shape index (κ2) is 6.06. The van der Waals surface area contributed by atoms with Crippen LogP contribution in [-0.2, 0) is 6.54 Å². The number of amides is 1. The van der Waals surface area contributed by atoms with Gasteiger partial charge in [0.2, 0.25) is 0 Å². The van der Waals surface area contributed by atoms with Gasteiger partial charge in [0.15, 0.2) is 11.6 Å². The molecule has 1 aliphatic heterocycles. The molecule has 1 atom stereocenters. The topological polar surface area (TPSA) is 63.9 Å². The van der Waals surface area contributed by atoms with E-state index in [4.69, 9.17) is 0 Å². The van der Waals surface area contributed by atoms with Gasteiger partial charge in [-0.15, -0.1) is 10.2 Å². The third-order valence-corrected chi connectivity index (χ3v) is 4.10. The zero-order chi connectivity index (χ0) is 16.6. The molecular formula is C16H20FN5O. The Bertz CT molecular complexity index is 727. The predicted molar refractivity (Wildman–Crippen MR) is 82.2 cm³/mol. The summed E-state index contributed by atoms with van der Waals surface area (Å²) in [4.78, 5) is 18.0. The number of halogens is 1. The third-order valence-electron chi connectivity index (χ3n) is 4.10. The molecule has 0 spiro atoms. The van der Waals surface area contributed by atoms with Crippen LogP contribution in [0.15, 0.2) is 18.5 Å². The van der Waals surface area contributed by atoms with Gasteiger partial charge in [0.05, 0.1) is 24.3 Å². The number of rotatable bonds is 3. The van der Waals surface area contributed by atoms with Gasteiger partial charge in [-0.05, 0) is 25.3 Å². The Labute approximate surface area is 134 Å². The van der Waals surface area contributed by atoms with E-state index in [1.165, 1.54) is 12.3 Å². The highest BCUT2D eigenvalue weighted by atomic mass is 19.1. The smallest absolute Gasteiger partial charge is 0.257 e. The predicted octanol–water partition coefficient (Wildman–Crippen LogP) is 2.36. The van der Waals surface area contributed by atoms with Gasteiger partial charge >= 0.3 is 0 Å². The molecule has 2 aromatic heterocycles. The van der Waals surface area contributed by atoms with E-state index < -0.39 is 5.82 Å². The second-order valence-electron chi connectivity index (χ2n) is 6.36. The summed E-state index contributed by atoms with van der Waals surface area (Å²) in [7, 11) is 0. The molecule has 1 amide bonds. The molecule has 122 valence electrons. The van der Waals surface area contributed by atoms with E-state index in [0.717, 1.165) is 24.3 Å². The summed E-state index contributed by atoms with van der Waals surface area (Å²) in [6.07, 6.45) is 3.41. The molecule has 0 unspecified atom stereocenters. The minimum absolute atomic E-state index is 0.0491. The molecule has 3 rings (SSSR count). The van der Waals surface area contributed by atoms with Crippen molar-refractivity contribution in [2.45, 2.75) is 39.8 Å². The van der Waals surface area contributed by atoms with Crippen molar-refractivity contribution in [1.82, 2.24) is 24.6 Å². The Morgan fingerprint density at radius 3 is 2.91 bits per heavy atom. The van der Waals surface area contributed by atoms with Crippen molar-refractivity contribution in [3.8, 4) is 0 Å². The Balaban J connectivity index is 1.91. The lowest BCUT2D eigenvalue weighted by Crippen LogP contribution is -2.42. The highest BCUT2D eigenvalue weighted by Gasteiger charge is 2.32. The molecule has 0 fully saturated rings. The van der Waals surface area contributed by atoms with Crippen molar-refractivity contribution in [3.05, 3.63) is 41.5 Å². The van der Waals surface area contributed by atoms with Crippen LogP contribution in [0.25, 0.3) is 0 Å². The summed E-state index contributed by atoms with van der Waals surface area (Å²) >= 11 is 0. The maximum Gasteiger partial charge on any atom is 0.257 e. The molecule has 0 radical (unpaired) electrons. The summed E-state index contributed by atoms with van der Waals surface area (Å²) in [6, 6.07) is 1.53. The summed E-state index contributed by atoms with van der Waals surface area (Å²) in [5.41, 5.74) is 0.0491. The van der Waals surface area contributed by atoms with E-state index in [0.29, 0.717) is 19.0 Å². The van der Waals surface area contributed by atoms with Gasteiger partial charge < -0.3 is 9.47 Å². The molecule has 1 aliphatic rings. The Morgan fingerprint density at radius 1 is 1.43 bits per heavy atom. The van der Waals surface area contributed by atoms with Gasteiger partial charge in [-0.25, -0.2) is 4.39 Å². The number of fused-ring (bicyclic) bond motifs is 1. The lowest BCUT2D eigenvalue weighted by atomic mass is 10.0.